The minimum absolute atomic E-state index is 0.384. The van der Waals surface area contributed by atoms with Crippen molar-refractivity contribution < 1.29 is 9.47 Å². The standard InChI is InChI=1S/C14H20O2/c1-11-3-4-13(12(2)9-11)10-16-14-5-7-15-8-6-14/h3-4,9,14H,5-8,10H2,1-2H3. The minimum atomic E-state index is 0.384. The predicted octanol–water partition coefficient (Wildman–Crippen LogP) is 3.00. The topological polar surface area (TPSA) is 18.5 Å². The number of ether oxygens (including phenoxy) is 2. The highest BCUT2D eigenvalue weighted by atomic mass is 16.5. The molecule has 0 N–H and O–H groups in total. The van der Waals surface area contributed by atoms with Crippen LogP contribution in [-0.4, -0.2) is 19.3 Å². The molecule has 0 aliphatic carbocycles. The molecule has 1 aliphatic heterocycles. The van der Waals surface area contributed by atoms with Crippen molar-refractivity contribution in [3.8, 4) is 0 Å². The number of hydrogen-bond acceptors (Lipinski definition) is 2. The van der Waals surface area contributed by atoms with Crippen LogP contribution in [0, 0.1) is 13.8 Å². The first kappa shape index (κ1) is 11.6. The molecule has 1 aromatic carbocycles. The number of aryl methyl sites for hydroxylation is 2. The molecular formula is C14H20O2. The lowest BCUT2D eigenvalue weighted by Crippen LogP contribution is -2.23. The van der Waals surface area contributed by atoms with Crippen molar-refractivity contribution in [3.05, 3.63) is 34.9 Å². The molecule has 0 spiro atoms. The molecule has 0 aromatic heterocycles. The summed E-state index contributed by atoms with van der Waals surface area (Å²) >= 11 is 0. The van der Waals surface area contributed by atoms with Crippen LogP contribution >= 0.6 is 0 Å². The van der Waals surface area contributed by atoms with E-state index < -0.39 is 0 Å². The Bertz CT molecular complexity index is 341. The van der Waals surface area contributed by atoms with Crippen LogP contribution < -0.4 is 0 Å². The van der Waals surface area contributed by atoms with Crippen molar-refractivity contribution in [2.75, 3.05) is 13.2 Å². The molecular weight excluding hydrogens is 200 g/mol. The Labute approximate surface area is 97.6 Å². The second-order valence-corrected chi connectivity index (χ2v) is 4.55. The Kier molecular flexibility index (Phi) is 3.97. The molecule has 88 valence electrons. The highest BCUT2D eigenvalue weighted by Gasteiger charge is 2.14. The highest BCUT2D eigenvalue weighted by Crippen LogP contribution is 2.16. The van der Waals surface area contributed by atoms with Gasteiger partial charge in [-0.05, 0) is 37.8 Å². The van der Waals surface area contributed by atoms with Crippen LogP contribution in [0.4, 0.5) is 0 Å². The van der Waals surface area contributed by atoms with Crippen molar-refractivity contribution in [1.82, 2.24) is 0 Å². The first-order valence-corrected chi connectivity index (χ1v) is 6.01. The molecule has 0 radical (unpaired) electrons. The Balaban J connectivity index is 1.88. The van der Waals surface area contributed by atoms with Crippen LogP contribution in [0.5, 0.6) is 0 Å². The average molecular weight is 220 g/mol. The fraction of sp³-hybridized carbons (Fsp3) is 0.571. The zero-order chi connectivity index (χ0) is 11.4. The monoisotopic (exact) mass is 220 g/mol. The van der Waals surface area contributed by atoms with Crippen molar-refractivity contribution >= 4 is 0 Å². The fourth-order valence-electron chi connectivity index (χ4n) is 2.06. The third-order valence-corrected chi connectivity index (χ3v) is 3.14. The summed E-state index contributed by atoms with van der Waals surface area (Å²) in [6.07, 6.45) is 2.45. The summed E-state index contributed by atoms with van der Waals surface area (Å²) in [5.74, 6) is 0. The summed E-state index contributed by atoms with van der Waals surface area (Å²) in [5.41, 5.74) is 3.94. The molecule has 1 fully saturated rings. The third kappa shape index (κ3) is 3.06. The molecule has 0 bridgehead atoms. The first-order valence-electron chi connectivity index (χ1n) is 6.01. The van der Waals surface area contributed by atoms with Crippen LogP contribution in [-0.2, 0) is 16.1 Å². The molecule has 0 saturated carbocycles. The summed E-state index contributed by atoms with van der Waals surface area (Å²) in [6.45, 7) is 6.69. The summed E-state index contributed by atoms with van der Waals surface area (Å²) < 4.78 is 11.2. The molecule has 1 aliphatic rings. The van der Waals surface area contributed by atoms with Gasteiger partial charge >= 0.3 is 0 Å². The number of hydrogen-bond donors (Lipinski definition) is 0. The average Bonchev–Trinajstić information content (AvgIpc) is 2.29. The lowest BCUT2D eigenvalue weighted by molar-refractivity contribution is -0.0391. The SMILES string of the molecule is Cc1ccc(COC2CCOCC2)c(C)c1. The van der Waals surface area contributed by atoms with Gasteiger partial charge in [-0.3, -0.25) is 0 Å². The van der Waals surface area contributed by atoms with Gasteiger partial charge in [-0.15, -0.1) is 0 Å². The Hall–Kier alpha value is -0.860. The molecule has 2 rings (SSSR count). The minimum Gasteiger partial charge on any atom is -0.381 e. The zero-order valence-electron chi connectivity index (χ0n) is 10.2. The van der Waals surface area contributed by atoms with Gasteiger partial charge in [-0.25, -0.2) is 0 Å². The first-order chi connectivity index (χ1) is 7.75. The van der Waals surface area contributed by atoms with Gasteiger partial charge in [-0.1, -0.05) is 23.8 Å². The summed E-state index contributed by atoms with van der Waals surface area (Å²) in [5, 5.41) is 0. The lowest BCUT2D eigenvalue weighted by Gasteiger charge is -2.22. The van der Waals surface area contributed by atoms with E-state index in [4.69, 9.17) is 9.47 Å². The largest absolute Gasteiger partial charge is 0.381 e. The quantitative estimate of drug-likeness (QED) is 0.779. The van der Waals surface area contributed by atoms with Gasteiger partial charge in [0, 0.05) is 13.2 Å². The van der Waals surface area contributed by atoms with E-state index in [2.05, 4.69) is 32.0 Å². The van der Waals surface area contributed by atoms with Crippen molar-refractivity contribution in [3.63, 3.8) is 0 Å². The molecule has 0 atom stereocenters. The van der Waals surface area contributed by atoms with E-state index in [1.807, 2.05) is 0 Å². The van der Waals surface area contributed by atoms with Gasteiger partial charge in [0.2, 0.25) is 0 Å². The van der Waals surface area contributed by atoms with E-state index in [-0.39, 0.29) is 0 Å². The molecule has 0 unspecified atom stereocenters. The predicted molar refractivity (Wildman–Crippen MR) is 64.5 cm³/mol. The Morgan fingerprint density at radius 3 is 2.69 bits per heavy atom. The van der Waals surface area contributed by atoms with Gasteiger partial charge in [0.1, 0.15) is 0 Å². The van der Waals surface area contributed by atoms with Crippen LogP contribution in [0.1, 0.15) is 29.5 Å². The van der Waals surface area contributed by atoms with E-state index >= 15 is 0 Å². The Morgan fingerprint density at radius 1 is 1.25 bits per heavy atom. The van der Waals surface area contributed by atoms with Crippen LogP contribution in [0.25, 0.3) is 0 Å². The van der Waals surface area contributed by atoms with E-state index in [9.17, 15) is 0 Å². The van der Waals surface area contributed by atoms with Gasteiger partial charge in [0.15, 0.2) is 0 Å². The van der Waals surface area contributed by atoms with Gasteiger partial charge < -0.3 is 9.47 Å². The maximum atomic E-state index is 5.91. The van der Waals surface area contributed by atoms with Crippen molar-refractivity contribution in [2.45, 2.75) is 39.4 Å². The normalized spacial score (nSPS) is 17.6. The number of rotatable bonds is 3. The Morgan fingerprint density at radius 2 is 2.00 bits per heavy atom. The molecule has 1 saturated heterocycles. The van der Waals surface area contributed by atoms with E-state index in [0.717, 1.165) is 32.7 Å². The van der Waals surface area contributed by atoms with Crippen molar-refractivity contribution in [2.24, 2.45) is 0 Å². The molecule has 1 heterocycles. The van der Waals surface area contributed by atoms with Crippen molar-refractivity contribution in [1.29, 1.82) is 0 Å². The van der Waals surface area contributed by atoms with Crippen LogP contribution in [0.3, 0.4) is 0 Å². The maximum absolute atomic E-state index is 5.91. The van der Waals surface area contributed by atoms with Gasteiger partial charge in [0.25, 0.3) is 0 Å². The highest BCUT2D eigenvalue weighted by molar-refractivity contribution is 5.29. The maximum Gasteiger partial charge on any atom is 0.0723 e. The van der Waals surface area contributed by atoms with Crippen LogP contribution in [0.15, 0.2) is 18.2 Å². The van der Waals surface area contributed by atoms with E-state index in [1.54, 1.807) is 0 Å². The van der Waals surface area contributed by atoms with Gasteiger partial charge in [-0.2, -0.15) is 0 Å². The van der Waals surface area contributed by atoms with E-state index in [1.165, 1.54) is 16.7 Å². The molecule has 0 amide bonds. The zero-order valence-corrected chi connectivity index (χ0v) is 10.2. The molecule has 2 nitrogen and oxygen atoms in total. The van der Waals surface area contributed by atoms with Gasteiger partial charge in [0.05, 0.1) is 12.7 Å². The summed E-state index contributed by atoms with van der Waals surface area (Å²) in [4.78, 5) is 0. The van der Waals surface area contributed by atoms with E-state index in [0.29, 0.717) is 6.10 Å². The molecule has 2 heteroatoms. The molecule has 16 heavy (non-hydrogen) atoms. The summed E-state index contributed by atoms with van der Waals surface area (Å²) in [6, 6.07) is 6.53. The molecule has 1 aromatic rings. The summed E-state index contributed by atoms with van der Waals surface area (Å²) in [7, 11) is 0. The van der Waals surface area contributed by atoms with Crippen LogP contribution in [0.2, 0.25) is 0 Å². The third-order valence-electron chi connectivity index (χ3n) is 3.14. The second-order valence-electron chi connectivity index (χ2n) is 4.55. The lowest BCUT2D eigenvalue weighted by atomic mass is 10.1. The number of benzene rings is 1. The fourth-order valence-corrected chi connectivity index (χ4v) is 2.06. The smallest absolute Gasteiger partial charge is 0.0723 e. The second kappa shape index (κ2) is 5.46.